The Morgan fingerprint density at radius 1 is 1.42 bits per heavy atom. The summed E-state index contributed by atoms with van der Waals surface area (Å²) in [6.45, 7) is 7.44. The van der Waals surface area contributed by atoms with E-state index in [4.69, 9.17) is 9.47 Å². The van der Waals surface area contributed by atoms with Crippen molar-refractivity contribution in [1.82, 2.24) is 0 Å². The fraction of sp³-hybridized carbons (Fsp3) is 0.526. The van der Waals surface area contributed by atoms with Crippen molar-refractivity contribution in [3.63, 3.8) is 0 Å². The number of rotatable bonds is 8. The highest BCUT2D eigenvalue weighted by Crippen LogP contribution is 2.22. The second-order valence-corrected chi connectivity index (χ2v) is 8.51. The Kier molecular flexibility index (Phi) is 8.62. The van der Waals surface area contributed by atoms with Gasteiger partial charge in [0, 0.05) is 5.56 Å². The van der Waals surface area contributed by atoms with Crippen molar-refractivity contribution in [3.8, 4) is 11.8 Å². The summed E-state index contributed by atoms with van der Waals surface area (Å²) in [6.07, 6.45) is 0.568. The number of hydrogen-bond acceptors (Lipinski definition) is 6. The molecule has 0 aliphatic carbocycles. The summed E-state index contributed by atoms with van der Waals surface area (Å²) in [7, 11) is 1.57. The summed E-state index contributed by atoms with van der Waals surface area (Å²) in [5.41, 5.74) is 1.32. The number of ether oxygens (including phenoxy) is 2. The zero-order valence-electron chi connectivity index (χ0n) is 15.9. The Morgan fingerprint density at radius 3 is 2.65 bits per heavy atom. The van der Waals surface area contributed by atoms with Crippen LogP contribution in [0.1, 0.15) is 46.1 Å². The van der Waals surface area contributed by atoms with E-state index in [2.05, 4.69) is 4.40 Å². The summed E-state index contributed by atoms with van der Waals surface area (Å²) in [4.78, 5) is 11.8. The zero-order valence-corrected chi connectivity index (χ0v) is 16.8. The lowest BCUT2D eigenvalue weighted by atomic mass is 9.99. The first-order chi connectivity index (χ1) is 12.2. The third-order valence-corrected chi connectivity index (χ3v) is 4.95. The van der Waals surface area contributed by atoms with Crippen LogP contribution in [0, 0.1) is 17.2 Å². The molecular weight excluding hydrogens is 352 g/mol. The third-order valence-electron chi connectivity index (χ3n) is 3.52. The van der Waals surface area contributed by atoms with E-state index in [0.717, 1.165) is 5.56 Å². The number of carbonyl (C=O) groups is 1. The molecule has 142 valence electrons. The maximum Gasteiger partial charge on any atom is 0.323 e. The normalized spacial score (nSPS) is 14.3. The summed E-state index contributed by atoms with van der Waals surface area (Å²) >= 11 is -1.46. The number of hydrogen-bond donors (Lipinski definition) is 0. The Morgan fingerprint density at radius 2 is 2.12 bits per heavy atom. The SMILES string of the molecule is CCOC(=O)C(C#N)CCC(=N[S+]([O-])C(C)(C)C)c1cccc(OC)c1. The van der Waals surface area contributed by atoms with Crippen molar-refractivity contribution in [2.24, 2.45) is 10.3 Å². The van der Waals surface area contributed by atoms with Crippen LogP contribution < -0.4 is 4.74 Å². The van der Waals surface area contributed by atoms with Crippen molar-refractivity contribution < 1.29 is 18.8 Å². The van der Waals surface area contributed by atoms with E-state index in [1.165, 1.54) is 0 Å². The van der Waals surface area contributed by atoms with Gasteiger partial charge in [-0.05, 0) is 52.7 Å². The predicted octanol–water partition coefficient (Wildman–Crippen LogP) is 3.43. The lowest BCUT2D eigenvalue weighted by Gasteiger charge is -2.20. The van der Waals surface area contributed by atoms with Gasteiger partial charge in [-0.3, -0.25) is 4.79 Å². The van der Waals surface area contributed by atoms with Gasteiger partial charge in [0.2, 0.25) is 0 Å². The minimum atomic E-state index is -1.46. The molecule has 26 heavy (non-hydrogen) atoms. The van der Waals surface area contributed by atoms with Crippen LogP contribution in [0.3, 0.4) is 0 Å². The van der Waals surface area contributed by atoms with Crippen LogP contribution in [-0.2, 0) is 20.9 Å². The van der Waals surface area contributed by atoms with Crippen LogP contribution in [0.15, 0.2) is 28.7 Å². The molecule has 6 nitrogen and oxygen atoms in total. The summed E-state index contributed by atoms with van der Waals surface area (Å²) in [5.74, 6) is -0.773. The van der Waals surface area contributed by atoms with Crippen LogP contribution in [0.4, 0.5) is 0 Å². The highest BCUT2D eigenvalue weighted by atomic mass is 32.2. The molecule has 0 radical (unpaired) electrons. The molecule has 0 aromatic heterocycles. The summed E-state index contributed by atoms with van der Waals surface area (Å²) in [5, 5.41) is 9.23. The van der Waals surface area contributed by atoms with E-state index in [1.807, 2.05) is 39.0 Å². The molecule has 0 amide bonds. The minimum Gasteiger partial charge on any atom is -0.591 e. The van der Waals surface area contributed by atoms with Gasteiger partial charge in [-0.1, -0.05) is 16.5 Å². The van der Waals surface area contributed by atoms with Gasteiger partial charge < -0.3 is 14.0 Å². The molecule has 7 heteroatoms. The number of benzene rings is 1. The first-order valence-corrected chi connectivity index (χ1v) is 9.53. The summed E-state index contributed by atoms with van der Waals surface area (Å²) in [6, 6.07) is 9.23. The van der Waals surface area contributed by atoms with E-state index < -0.39 is 28.0 Å². The van der Waals surface area contributed by atoms with Gasteiger partial charge in [0.05, 0.1) is 25.5 Å². The molecule has 0 bridgehead atoms. The van der Waals surface area contributed by atoms with Crippen molar-refractivity contribution >= 4 is 23.0 Å². The van der Waals surface area contributed by atoms with E-state index >= 15 is 0 Å². The summed E-state index contributed by atoms with van der Waals surface area (Å²) < 4.78 is 26.5. The Labute approximate surface area is 158 Å². The second-order valence-electron chi connectivity index (χ2n) is 6.60. The van der Waals surface area contributed by atoms with Crippen molar-refractivity contribution in [3.05, 3.63) is 29.8 Å². The number of nitrogens with zero attached hydrogens (tertiary/aromatic N) is 2. The molecule has 0 fully saturated rings. The third kappa shape index (κ3) is 6.70. The van der Waals surface area contributed by atoms with Crippen LogP contribution in [0.5, 0.6) is 5.75 Å². The van der Waals surface area contributed by atoms with Gasteiger partial charge in [-0.25, -0.2) is 0 Å². The number of carbonyl (C=O) groups excluding carboxylic acids is 1. The van der Waals surface area contributed by atoms with E-state index in [9.17, 15) is 14.6 Å². The van der Waals surface area contributed by atoms with Crippen molar-refractivity contribution in [2.75, 3.05) is 13.7 Å². The fourth-order valence-electron chi connectivity index (χ4n) is 2.04. The van der Waals surface area contributed by atoms with Crippen LogP contribution in [0.2, 0.25) is 0 Å². The van der Waals surface area contributed by atoms with Crippen LogP contribution >= 0.6 is 0 Å². The van der Waals surface area contributed by atoms with Crippen LogP contribution in [0.25, 0.3) is 0 Å². The molecule has 1 rings (SSSR count). The molecule has 0 aliphatic rings. The van der Waals surface area contributed by atoms with Crippen LogP contribution in [-0.4, -0.2) is 34.7 Å². The first-order valence-electron chi connectivity index (χ1n) is 8.43. The molecule has 0 aliphatic heterocycles. The molecule has 2 unspecified atom stereocenters. The lowest BCUT2D eigenvalue weighted by Crippen LogP contribution is -2.27. The number of nitriles is 1. The maximum atomic E-state index is 12.5. The topological polar surface area (TPSA) is 94.7 Å². The van der Waals surface area contributed by atoms with Gasteiger partial charge in [0.1, 0.15) is 27.8 Å². The first kappa shape index (κ1) is 22.0. The second kappa shape index (κ2) is 10.2. The average Bonchev–Trinajstić information content (AvgIpc) is 2.60. The molecule has 0 saturated heterocycles. The Bertz CT molecular complexity index is 677. The molecule has 1 aromatic rings. The van der Waals surface area contributed by atoms with Gasteiger partial charge in [0.15, 0.2) is 0 Å². The predicted molar refractivity (Wildman–Crippen MR) is 102 cm³/mol. The van der Waals surface area contributed by atoms with E-state index in [-0.39, 0.29) is 13.0 Å². The molecular formula is C19H26N2O4S. The number of methoxy groups -OCH3 is 1. The molecule has 1 aromatic carbocycles. The van der Waals surface area contributed by atoms with Crippen molar-refractivity contribution in [2.45, 2.75) is 45.3 Å². The lowest BCUT2D eigenvalue weighted by molar-refractivity contribution is -0.146. The van der Waals surface area contributed by atoms with E-state index in [0.29, 0.717) is 17.9 Å². The average molecular weight is 378 g/mol. The van der Waals surface area contributed by atoms with Gasteiger partial charge in [-0.15, -0.1) is 0 Å². The van der Waals surface area contributed by atoms with Gasteiger partial charge in [-0.2, -0.15) is 5.26 Å². The molecule has 0 spiro atoms. The minimum absolute atomic E-state index is 0.224. The van der Waals surface area contributed by atoms with E-state index in [1.54, 1.807) is 26.2 Å². The zero-order chi connectivity index (χ0) is 19.7. The molecule has 0 saturated carbocycles. The largest absolute Gasteiger partial charge is 0.591 e. The molecule has 0 N–H and O–H groups in total. The quantitative estimate of drug-likeness (QED) is 0.392. The van der Waals surface area contributed by atoms with Gasteiger partial charge >= 0.3 is 5.97 Å². The Hall–Kier alpha value is -2.04. The smallest absolute Gasteiger partial charge is 0.323 e. The maximum absolute atomic E-state index is 12.5. The highest BCUT2D eigenvalue weighted by Gasteiger charge is 2.28. The van der Waals surface area contributed by atoms with Gasteiger partial charge in [0.25, 0.3) is 0 Å². The number of esters is 1. The van der Waals surface area contributed by atoms with Crippen molar-refractivity contribution in [1.29, 1.82) is 5.26 Å². The highest BCUT2D eigenvalue weighted by molar-refractivity contribution is 7.91. The monoisotopic (exact) mass is 378 g/mol. The Balaban J connectivity index is 3.10. The molecule has 2 atom stereocenters. The fourth-order valence-corrected chi connectivity index (χ4v) is 2.71. The molecule has 0 heterocycles. The standard InChI is InChI=1S/C19H26N2O4S/c1-6-25-18(22)15(13-20)10-11-17(21-26(23)19(2,3)4)14-8-7-9-16(12-14)24-5/h7-9,12,15H,6,10-11H2,1-5H3.